The Morgan fingerprint density at radius 3 is 2.67 bits per heavy atom. The second-order valence-corrected chi connectivity index (χ2v) is 6.80. The summed E-state index contributed by atoms with van der Waals surface area (Å²) < 4.78 is 0. The number of aryl methyl sites for hydroxylation is 2. The van der Waals surface area contributed by atoms with E-state index >= 15 is 0 Å². The quantitative estimate of drug-likeness (QED) is 0.664. The maximum Gasteiger partial charge on any atom is 0.146 e. The molecule has 4 nitrogen and oxygen atoms in total. The Hall–Kier alpha value is -2.37. The number of hydrogen-bond acceptors (Lipinski definition) is 4. The molecule has 5 heteroatoms. The molecule has 0 saturated heterocycles. The van der Waals surface area contributed by atoms with Gasteiger partial charge < -0.3 is 10.0 Å². The highest BCUT2D eigenvalue weighted by Crippen LogP contribution is 2.24. The van der Waals surface area contributed by atoms with Crippen molar-refractivity contribution < 1.29 is 5.11 Å². The van der Waals surface area contributed by atoms with Crippen molar-refractivity contribution in [2.24, 2.45) is 0 Å². The third-order valence-electron chi connectivity index (χ3n) is 3.88. The van der Waals surface area contributed by atoms with Crippen LogP contribution in [0.1, 0.15) is 21.7 Å². The van der Waals surface area contributed by atoms with Crippen LogP contribution in [0, 0.1) is 13.8 Å². The highest BCUT2D eigenvalue weighted by molar-refractivity contribution is 7.09. The van der Waals surface area contributed by atoms with Gasteiger partial charge in [0.1, 0.15) is 6.23 Å². The van der Waals surface area contributed by atoms with Gasteiger partial charge in [0.15, 0.2) is 0 Å². The number of hydrogen-bond donors (Lipinski definition) is 2. The molecule has 24 heavy (non-hydrogen) atoms. The summed E-state index contributed by atoms with van der Waals surface area (Å²) in [4.78, 5) is 3.13. The highest BCUT2D eigenvalue weighted by atomic mass is 32.1. The number of benzene rings is 1. The lowest BCUT2D eigenvalue weighted by Gasteiger charge is -2.27. The average molecular weight is 339 g/mol. The first-order valence-corrected chi connectivity index (χ1v) is 8.73. The highest BCUT2D eigenvalue weighted by Gasteiger charge is 2.18. The Bertz CT molecular complexity index is 790. The van der Waals surface area contributed by atoms with E-state index in [0.29, 0.717) is 6.54 Å². The van der Waals surface area contributed by atoms with Crippen LogP contribution in [0.4, 0.5) is 5.69 Å². The van der Waals surface area contributed by atoms with Crippen molar-refractivity contribution in [1.29, 1.82) is 0 Å². The lowest BCUT2D eigenvalue weighted by Crippen LogP contribution is -2.33. The molecule has 0 aliphatic heterocycles. The third kappa shape index (κ3) is 3.93. The van der Waals surface area contributed by atoms with Gasteiger partial charge in [-0.1, -0.05) is 42.0 Å². The molecule has 0 spiro atoms. The monoisotopic (exact) mass is 339 g/mol. The first-order valence-electron chi connectivity index (χ1n) is 7.85. The fourth-order valence-corrected chi connectivity index (χ4v) is 3.21. The number of anilines is 1. The second-order valence-electron chi connectivity index (χ2n) is 5.77. The van der Waals surface area contributed by atoms with Gasteiger partial charge in [0.05, 0.1) is 24.1 Å². The number of aliphatic hydroxyl groups excluding tert-OH is 1. The summed E-state index contributed by atoms with van der Waals surface area (Å²) in [6.45, 7) is 4.66. The van der Waals surface area contributed by atoms with E-state index in [2.05, 4.69) is 35.3 Å². The van der Waals surface area contributed by atoms with Crippen LogP contribution in [0.25, 0.3) is 6.08 Å². The van der Waals surface area contributed by atoms with Crippen LogP contribution in [0.2, 0.25) is 0 Å². The SMILES string of the molecule is Cc1ccc(/C=C/C(O)N(Cc2cccs2)c2cn[nH]c2C)cc1. The Kier molecular flexibility index (Phi) is 5.13. The summed E-state index contributed by atoms with van der Waals surface area (Å²) in [5, 5.41) is 19.8. The summed E-state index contributed by atoms with van der Waals surface area (Å²) in [6.07, 6.45) is 4.78. The number of aromatic amines is 1. The van der Waals surface area contributed by atoms with E-state index in [1.54, 1.807) is 17.5 Å². The van der Waals surface area contributed by atoms with Crippen LogP contribution in [0.15, 0.2) is 54.1 Å². The van der Waals surface area contributed by atoms with Crippen molar-refractivity contribution in [3.63, 3.8) is 0 Å². The van der Waals surface area contributed by atoms with E-state index in [1.807, 2.05) is 47.6 Å². The van der Waals surface area contributed by atoms with Crippen LogP contribution >= 0.6 is 11.3 Å². The molecule has 3 aromatic rings. The number of nitrogens with zero attached hydrogens (tertiary/aromatic N) is 2. The Morgan fingerprint density at radius 2 is 2.04 bits per heavy atom. The fourth-order valence-electron chi connectivity index (χ4n) is 2.50. The van der Waals surface area contributed by atoms with E-state index < -0.39 is 6.23 Å². The van der Waals surface area contributed by atoms with Crippen molar-refractivity contribution in [2.75, 3.05) is 4.90 Å². The number of rotatable bonds is 6. The number of aliphatic hydroxyl groups is 1. The predicted octanol–water partition coefficient (Wildman–Crippen LogP) is 4.13. The molecule has 1 aromatic carbocycles. The lowest BCUT2D eigenvalue weighted by molar-refractivity contribution is 0.215. The molecule has 2 heterocycles. The van der Waals surface area contributed by atoms with Crippen LogP contribution in [-0.4, -0.2) is 21.5 Å². The average Bonchev–Trinajstić information content (AvgIpc) is 3.23. The Labute approximate surface area is 146 Å². The smallest absolute Gasteiger partial charge is 0.146 e. The fraction of sp³-hybridized carbons (Fsp3) is 0.211. The first-order chi connectivity index (χ1) is 11.6. The molecule has 0 bridgehead atoms. The van der Waals surface area contributed by atoms with Gasteiger partial charge in [-0.15, -0.1) is 11.3 Å². The molecule has 124 valence electrons. The zero-order valence-corrected chi connectivity index (χ0v) is 14.6. The maximum atomic E-state index is 10.7. The van der Waals surface area contributed by atoms with Gasteiger partial charge in [-0.05, 0) is 36.9 Å². The van der Waals surface area contributed by atoms with Gasteiger partial charge in [-0.25, -0.2) is 0 Å². The van der Waals surface area contributed by atoms with Crippen molar-refractivity contribution in [2.45, 2.75) is 26.6 Å². The van der Waals surface area contributed by atoms with E-state index in [0.717, 1.165) is 16.9 Å². The van der Waals surface area contributed by atoms with Crippen molar-refractivity contribution >= 4 is 23.1 Å². The maximum absolute atomic E-state index is 10.7. The van der Waals surface area contributed by atoms with Crippen LogP contribution < -0.4 is 4.90 Å². The largest absolute Gasteiger partial charge is 0.370 e. The molecule has 0 amide bonds. The summed E-state index contributed by atoms with van der Waals surface area (Å²) in [5.41, 5.74) is 4.14. The molecule has 1 atom stereocenters. The van der Waals surface area contributed by atoms with Crippen molar-refractivity contribution in [3.8, 4) is 0 Å². The molecule has 0 saturated carbocycles. The number of H-pyrrole nitrogens is 1. The van der Waals surface area contributed by atoms with Crippen molar-refractivity contribution in [1.82, 2.24) is 10.2 Å². The summed E-state index contributed by atoms with van der Waals surface area (Å²) in [5.74, 6) is 0. The summed E-state index contributed by atoms with van der Waals surface area (Å²) in [7, 11) is 0. The van der Waals surface area contributed by atoms with Gasteiger partial charge in [-0.3, -0.25) is 5.10 Å². The molecule has 0 radical (unpaired) electrons. The molecular formula is C19H21N3OS. The Morgan fingerprint density at radius 1 is 1.25 bits per heavy atom. The first kappa shape index (κ1) is 16.5. The van der Waals surface area contributed by atoms with Gasteiger partial charge in [-0.2, -0.15) is 5.10 Å². The number of thiophene rings is 1. The second kappa shape index (κ2) is 7.47. The molecule has 2 N–H and O–H groups in total. The summed E-state index contributed by atoms with van der Waals surface area (Å²) in [6, 6.07) is 12.3. The minimum atomic E-state index is -0.732. The topological polar surface area (TPSA) is 52.1 Å². The minimum absolute atomic E-state index is 0.636. The van der Waals surface area contributed by atoms with E-state index in [-0.39, 0.29) is 0 Å². The van der Waals surface area contributed by atoms with Gasteiger partial charge in [0, 0.05) is 4.88 Å². The molecule has 0 fully saturated rings. The van der Waals surface area contributed by atoms with Gasteiger partial charge >= 0.3 is 0 Å². The zero-order chi connectivity index (χ0) is 16.9. The molecule has 2 aromatic heterocycles. The minimum Gasteiger partial charge on any atom is -0.370 e. The molecule has 1 unspecified atom stereocenters. The third-order valence-corrected chi connectivity index (χ3v) is 4.74. The Balaban J connectivity index is 1.81. The van der Waals surface area contributed by atoms with Crippen LogP contribution in [0.3, 0.4) is 0 Å². The van der Waals surface area contributed by atoms with E-state index in [4.69, 9.17) is 0 Å². The normalized spacial score (nSPS) is 12.6. The van der Waals surface area contributed by atoms with Gasteiger partial charge in [0.25, 0.3) is 0 Å². The van der Waals surface area contributed by atoms with Crippen LogP contribution in [0.5, 0.6) is 0 Å². The van der Waals surface area contributed by atoms with Crippen LogP contribution in [-0.2, 0) is 6.54 Å². The van der Waals surface area contributed by atoms with Crippen molar-refractivity contribution in [3.05, 3.63) is 75.7 Å². The molecular weight excluding hydrogens is 318 g/mol. The predicted molar refractivity (Wildman–Crippen MR) is 100 cm³/mol. The molecule has 0 aliphatic carbocycles. The van der Waals surface area contributed by atoms with E-state index in [1.165, 1.54) is 10.4 Å². The molecule has 3 rings (SSSR count). The standard InChI is InChI=1S/C19H21N3OS/c1-14-5-7-16(8-6-14)9-10-19(23)22(13-17-4-3-11-24-17)18-12-20-21-15(18)2/h3-12,19,23H,13H2,1-2H3,(H,20,21)/b10-9+. The van der Waals surface area contributed by atoms with Gasteiger partial charge in [0.2, 0.25) is 0 Å². The number of nitrogens with one attached hydrogen (secondary N) is 1. The molecule has 0 aliphatic rings. The van der Waals surface area contributed by atoms with E-state index in [9.17, 15) is 5.11 Å². The number of aromatic nitrogens is 2. The summed E-state index contributed by atoms with van der Waals surface area (Å²) >= 11 is 1.68. The lowest BCUT2D eigenvalue weighted by atomic mass is 10.1. The zero-order valence-electron chi connectivity index (χ0n) is 13.8.